The van der Waals surface area contributed by atoms with Crippen molar-refractivity contribution in [2.75, 3.05) is 25.4 Å². The molecule has 1 aliphatic heterocycles. The Morgan fingerprint density at radius 2 is 2.37 bits per heavy atom. The Morgan fingerprint density at radius 3 is 3.16 bits per heavy atom. The Labute approximate surface area is 120 Å². The molecule has 19 heavy (non-hydrogen) atoms. The lowest BCUT2D eigenvalue weighted by Crippen LogP contribution is -2.36. The summed E-state index contributed by atoms with van der Waals surface area (Å²) in [5.41, 5.74) is 7.85. The number of likely N-dealkylation sites (tertiary alicyclic amines) is 1. The van der Waals surface area contributed by atoms with E-state index in [9.17, 15) is 0 Å². The molecule has 2 aromatic rings. The number of imidazole rings is 1. The molecule has 0 bridgehead atoms. The zero-order chi connectivity index (χ0) is 13.4. The Balaban J connectivity index is 2.02. The van der Waals surface area contributed by atoms with Crippen LogP contribution in [0.5, 0.6) is 0 Å². The number of nitrogens with zero attached hydrogens (tertiary/aromatic N) is 4. The Morgan fingerprint density at radius 1 is 1.53 bits per heavy atom. The van der Waals surface area contributed by atoms with Gasteiger partial charge in [0.1, 0.15) is 5.52 Å². The normalized spacial score (nSPS) is 21.1. The second kappa shape index (κ2) is 5.09. The summed E-state index contributed by atoms with van der Waals surface area (Å²) < 4.78 is 3.03. The highest BCUT2D eigenvalue weighted by Gasteiger charge is 2.24. The van der Waals surface area contributed by atoms with E-state index in [1.807, 2.05) is 6.07 Å². The molecule has 1 atom stereocenters. The Kier molecular flexibility index (Phi) is 3.45. The van der Waals surface area contributed by atoms with Crippen molar-refractivity contribution in [1.29, 1.82) is 0 Å². The quantitative estimate of drug-likeness (QED) is 0.922. The number of anilines is 1. The number of rotatable bonds is 2. The highest BCUT2D eigenvalue weighted by Crippen LogP contribution is 2.28. The maximum atomic E-state index is 6.10. The zero-order valence-corrected chi connectivity index (χ0v) is 12.6. The van der Waals surface area contributed by atoms with Gasteiger partial charge in [0.15, 0.2) is 5.65 Å². The molecule has 5 nitrogen and oxygen atoms in total. The van der Waals surface area contributed by atoms with Gasteiger partial charge in [0.25, 0.3) is 0 Å². The molecule has 2 N–H and O–H groups in total. The first kappa shape index (κ1) is 12.9. The number of nitrogen functional groups attached to an aromatic ring is 1. The van der Waals surface area contributed by atoms with Crippen LogP contribution in [0, 0.1) is 0 Å². The number of pyridine rings is 1. The van der Waals surface area contributed by atoms with E-state index < -0.39 is 0 Å². The van der Waals surface area contributed by atoms with E-state index in [4.69, 9.17) is 5.73 Å². The largest absolute Gasteiger partial charge is 0.369 e. The van der Waals surface area contributed by atoms with Crippen LogP contribution in [0.1, 0.15) is 25.8 Å². The lowest BCUT2D eigenvalue weighted by Gasteiger charge is -2.32. The van der Waals surface area contributed by atoms with E-state index in [0.717, 1.165) is 35.1 Å². The number of hydrogen-bond donors (Lipinski definition) is 1. The summed E-state index contributed by atoms with van der Waals surface area (Å²) >= 11 is 3.42. The van der Waals surface area contributed by atoms with Crippen LogP contribution < -0.4 is 5.73 Å². The number of halogens is 1. The number of fused-ring (bicyclic) bond motifs is 1. The van der Waals surface area contributed by atoms with Gasteiger partial charge in [-0.2, -0.15) is 0 Å². The molecule has 0 aliphatic carbocycles. The molecule has 3 rings (SSSR count). The van der Waals surface area contributed by atoms with E-state index in [2.05, 4.69) is 42.3 Å². The molecule has 1 fully saturated rings. The summed E-state index contributed by atoms with van der Waals surface area (Å²) in [5.74, 6) is 0.573. The van der Waals surface area contributed by atoms with E-state index in [1.54, 1.807) is 6.20 Å². The molecule has 1 saturated heterocycles. The molecular formula is C13H18BrN5. The average Bonchev–Trinajstić information content (AvgIpc) is 2.73. The van der Waals surface area contributed by atoms with Gasteiger partial charge in [-0.1, -0.05) is 6.92 Å². The smallest absolute Gasteiger partial charge is 0.202 e. The summed E-state index contributed by atoms with van der Waals surface area (Å²) in [6.07, 6.45) is 4.15. The summed E-state index contributed by atoms with van der Waals surface area (Å²) in [6, 6.07) is 2.35. The maximum absolute atomic E-state index is 6.10. The van der Waals surface area contributed by atoms with Gasteiger partial charge >= 0.3 is 0 Å². The lowest BCUT2D eigenvalue weighted by atomic mass is 10.1. The van der Waals surface area contributed by atoms with Gasteiger partial charge in [0.2, 0.25) is 5.95 Å². The topological polar surface area (TPSA) is 60.0 Å². The Hall–Kier alpha value is -1.14. The maximum Gasteiger partial charge on any atom is 0.202 e. The third-order valence-corrected chi connectivity index (χ3v) is 4.25. The molecule has 0 saturated carbocycles. The van der Waals surface area contributed by atoms with Gasteiger partial charge in [0.05, 0.1) is 6.04 Å². The van der Waals surface area contributed by atoms with Crippen LogP contribution in [-0.4, -0.2) is 39.1 Å². The second-order valence-electron chi connectivity index (χ2n) is 5.03. The molecule has 0 spiro atoms. The van der Waals surface area contributed by atoms with Crippen molar-refractivity contribution in [2.45, 2.75) is 25.8 Å². The molecule has 0 aromatic carbocycles. The predicted molar refractivity (Wildman–Crippen MR) is 80.0 cm³/mol. The van der Waals surface area contributed by atoms with Gasteiger partial charge in [0, 0.05) is 17.2 Å². The minimum atomic E-state index is 0.382. The monoisotopic (exact) mass is 323 g/mol. The standard InChI is InChI=1S/C13H18BrN5/c1-2-18-5-3-4-10(8-18)19-12-11(17-13(19)15)6-9(14)7-16-12/h6-7,10H,2-5,8H2,1H3,(H2,15,17). The first-order chi connectivity index (χ1) is 9.19. The SMILES string of the molecule is CCN1CCCC(n2c(N)nc3cc(Br)cnc32)C1. The number of likely N-dealkylation sites (N-methyl/N-ethyl adjacent to an activating group) is 1. The fourth-order valence-corrected chi connectivity index (χ4v) is 3.18. The van der Waals surface area contributed by atoms with E-state index in [-0.39, 0.29) is 0 Å². The highest BCUT2D eigenvalue weighted by molar-refractivity contribution is 9.10. The van der Waals surface area contributed by atoms with Crippen molar-refractivity contribution < 1.29 is 0 Å². The molecule has 102 valence electrons. The van der Waals surface area contributed by atoms with Gasteiger partial charge in [-0.3, -0.25) is 4.57 Å². The molecule has 1 aliphatic rings. The van der Waals surface area contributed by atoms with Crippen molar-refractivity contribution in [3.05, 3.63) is 16.7 Å². The molecule has 3 heterocycles. The van der Waals surface area contributed by atoms with Crippen LogP contribution in [0.2, 0.25) is 0 Å². The summed E-state index contributed by atoms with van der Waals surface area (Å²) in [7, 11) is 0. The summed E-state index contributed by atoms with van der Waals surface area (Å²) in [6.45, 7) is 5.50. The zero-order valence-electron chi connectivity index (χ0n) is 11.0. The van der Waals surface area contributed by atoms with Crippen LogP contribution in [0.4, 0.5) is 5.95 Å². The average molecular weight is 324 g/mol. The predicted octanol–water partition coefficient (Wildman–Crippen LogP) is 2.43. The molecule has 2 aromatic heterocycles. The molecule has 6 heteroatoms. The fourth-order valence-electron chi connectivity index (χ4n) is 2.86. The van der Waals surface area contributed by atoms with Crippen LogP contribution in [0.3, 0.4) is 0 Å². The first-order valence-corrected chi connectivity index (χ1v) is 7.49. The summed E-state index contributed by atoms with van der Waals surface area (Å²) in [5, 5.41) is 0. The number of nitrogens with two attached hydrogens (primary N) is 1. The number of hydrogen-bond acceptors (Lipinski definition) is 4. The third-order valence-electron chi connectivity index (χ3n) is 3.82. The van der Waals surface area contributed by atoms with Crippen LogP contribution >= 0.6 is 15.9 Å². The van der Waals surface area contributed by atoms with Gasteiger partial charge in [-0.25, -0.2) is 9.97 Å². The molecule has 0 amide bonds. The van der Waals surface area contributed by atoms with Crippen LogP contribution in [-0.2, 0) is 0 Å². The minimum Gasteiger partial charge on any atom is -0.369 e. The number of aromatic nitrogens is 3. The van der Waals surface area contributed by atoms with Crippen molar-refractivity contribution in [1.82, 2.24) is 19.4 Å². The third kappa shape index (κ3) is 2.34. The van der Waals surface area contributed by atoms with Crippen LogP contribution in [0.25, 0.3) is 11.2 Å². The van der Waals surface area contributed by atoms with Crippen molar-refractivity contribution >= 4 is 33.0 Å². The molecule has 0 radical (unpaired) electrons. The first-order valence-electron chi connectivity index (χ1n) is 6.70. The van der Waals surface area contributed by atoms with E-state index in [0.29, 0.717) is 12.0 Å². The van der Waals surface area contributed by atoms with Gasteiger partial charge < -0.3 is 10.6 Å². The van der Waals surface area contributed by atoms with E-state index >= 15 is 0 Å². The van der Waals surface area contributed by atoms with Crippen molar-refractivity contribution in [3.63, 3.8) is 0 Å². The molecule has 1 unspecified atom stereocenters. The Bertz CT molecular complexity index is 594. The fraction of sp³-hybridized carbons (Fsp3) is 0.538. The van der Waals surface area contributed by atoms with Gasteiger partial charge in [-0.15, -0.1) is 0 Å². The summed E-state index contributed by atoms with van der Waals surface area (Å²) in [4.78, 5) is 11.4. The minimum absolute atomic E-state index is 0.382. The number of piperidine rings is 1. The highest BCUT2D eigenvalue weighted by atomic mass is 79.9. The van der Waals surface area contributed by atoms with Gasteiger partial charge in [-0.05, 0) is 47.9 Å². The van der Waals surface area contributed by atoms with Crippen molar-refractivity contribution in [3.8, 4) is 0 Å². The van der Waals surface area contributed by atoms with E-state index in [1.165, 1.54) is 13.0 Å². The lowest BCUT2D eigenvalue weighted by molar-refractivity contribution is 0.188. The molecular weight excluding hydrogens is 306 g/mol. The second-order valence-corrected chi connectivity index (χ2v) is 5.94. The van der Waals surface area contributed by atoms with Crippen LogP contribution in [0.15, 0.2) is 16.7 Å². The van der Waals surface area contributed by atoms with Crippen molar-refractivity contribution in [2.24, 2.45) is 0 Å².